The topological polar surface area (TPSA) is 117 Å². The van der Waals surface area contributed by atoms with Crippen molar-refractivity contribution < 1.29 is 37.0 Å². The summed E-state index contributed by atoms with van der Waals surface area (Å²) in [7, 11) is -1.48. The van der Waals surface area contributed by atoms with Gasteiger partial charge in [-0.3, -0.25) is 0 Å². The van der Waals surface area contributed by atoms with Crippen LogP contribution >= 0.6 is 0 Å². The SMILES string of the molecule is CCOC(=O)C(NS(=O)(=O)c1ccc(OC)c(OC)c1)C(=O)OCC. The van der Waals surface area contributed by atoms with Gasteiger partial charge in [0, 0.05) is 6.07 Å². The van der Waals surface area contributed by atoms with Gasteiger partial charge in [0.25, 0.3) is 0 Å². The molecule has 10 heteroatoms. The molecule has 0 unspecified atom stereocenters. The predicted molar refractivity (Wildman–Crippen MR) is 86.9 cm³/mol. The lowest BCUT2D eigenvalue weighted by Gasteiger charge is -2.16. The number of sulfonamides is 1. The molecule has 1 N–H and O–H groups in total. The standard InChI is InChI=1S/C15H21NO8S/c1-5-23-14(17)13(15(18)24-6-2)16-25(19,20)10-7-8-11(21-3)12(9-10)22-4/h7-9,13,16H,5-6H2,1-4H3. The zero-order valence-corrected chi connectivity index (χ0v) is 15.2. The fraction of sp³-hybridized carbons (Fsp3) is 0.467. The van der Waals surface area contributed by atoms with Crippen molar-refractivity contribution in [3.05, 3.63) is 18.2 Å². The molecule has 1 aromatic carbocycles. The summed E-state index contributed by atoms with van der Waals surface area (Å²) in [6, 6.07) is 2.03. The second-order valence-corrected chi connectivity index (χ2v) is 6.29. The maximum absolute atomic E-state index is 12.5. The van der Waals surface area contributed by atoms with Gasteiger partial charge in [0.2, 0.25) is 16.1 Å². The summed E-state index contributed by atoms with van der Waals surface area (Å²) in [5.74, 6) is -1.60. The van der Waals surface area contributed by atoms with Crippen molar-refractivity contribution in [1.82, 2.24) is 4.72 Å². The number of benzene rings is 1. The highest BCUT2D eigenvalue weighted by Crippen LogP contribution is 2.29. The Balaban J connectivity index is 3.17. The lowest BCUT2D eigenvalue weighted by molar-refractivity contribution is -0.157. The number of hydrogen-bond acceptors (Lipinski definition) is 8. The summed E-state index contributed by atoms with van der Waals surface area (Å²) in [4.78, 5) is 23.6. The molecule has 0 heterocycles. The van der Waals surface area contributed by atoms with Crippen molar-refractivity contribution in [2.45, 2.75) is 24.8 Å². The molecule has 25 heavy (non-hydrogen) atoms. The minimum atomic E-state index is -4.23. The maximum atomic E-state index is 12.5. The Hall–Kier alpha value is -2.33. The van der Waals surface area contributed by atoms with Gasteiger partial charge in [0.1, 0.15) is 0 Å². The van der Waals surface area contributed by atoms with Gasteiger partial charge in [-0.1, -0.05) is 0 Å². The van der Waals surface area contributed by atoms with Gasteiger partial charge in [-0.25, -0.2) is 18.0 Å². The van der Waals surface area contributed by atoms with Crippen molar-refractivity contribution in [2.75, 3.05) is 27.4 Å². The zero-order valence-electron chi connectivity index (χ0n) is 14.4. The van der Waals surface area contributed by atoms with Crippen LogP contribution < -0.4 is 14.2 Å². The van der Waals surface area contributed by atoms with Crippen LogP contribution in [0.1, 0.15) is 13.8 Å². The van der Waals surface area contributed by atoms with Gasteiger partial charge < -0.3 is 18.9 Å². The molecular weight excluding hydrogens is 354 g/mol. The molecule has 0 aliphatic rings. The first-order valence-corrected chi connectivity index (χ1v) is 8.86. The van der Waals surface area contributed by atoms with Crippen LogP contribution in [0.5, 0.6) is 11.5 Å². The molecule has 0 aliphatic heterocycles. The number of nitrogens with one attached hydrogen (secondary N) is 1. The number of methoxy groups -OCH3 is 2. The van der Waals surface area contributed by atoms with Crippen molar-refractivity contribution in [3.63, 3.8) is 0 Å². The molecule has 0 aromatic heterocycles. The van der Waals surface area contributed by atoms with Crippen LogP contribution in [-0.4, -0.2) is 53.8 Å². The maximum Gasteiger partial charge on any atom is 0.335 e. The quantitative estimate of drug-likeness (QED) is 0.489. The van der Waals surface area contributed by atoms with Crippen LogP contribution in [-0.2, 0) is 29.1 Å². The van der Waals surface area contributed by atoms with E-state index < -0.39 is 28.0 Å². The molecule has 0 amide bonds. The number of hydrogen-bond donors (Lipinski definition) is 1. The average molecular weight is 375 g/mol. The summed E-state index contributed by atoms with van der Waals surface area (Å²) >= 11 is 0. The number of rotatable bonds is 9. The fourth-order valence-electron chi connectivity index (χ4n) is 1.85. The first-order valence-electron chi connectivity index (χ1n) is 7.38. The average Bonchev–Trinajstić information content (AvgIpc) is 2.59. The van der Waals surface area contributed by atoms with Crippen LogP contribution in [0.2, 0.25) is 0 Å². The molecule has 1 aromatic rings. The zero-order chi connectivity index (χ0) is 19.0. The highest BCUT2D eigenvalue weighted by atomic mass is 32.2. The Morgan fingerprint density at radius 3 is 1.96 bits per heavy atom. The van der Waals surface area contributed by atoms with Crippen molar-refractivity contribution >= 4 is 22.0 Å². The normalized spacial score (nSPS) is 11.1. The summed E-state index contributed by atoms with van der Waals surface area (Å²) in [5, 5.41) is 0. The van der Waals surface area contributed by atoms with E-state index in [0.29, 0.717) is 5.75 Å². The number of esters is 2. The van der Waals surface area contributed by atoms with Crippen LogP contribution in [0.4, 0.5) is 0 Å². The van der Waals surface area contributed by atoms with E-state index in [-0.39, 0.29) is 23.9 Å². The van der Waals surface area contributed by atoms with E-state index in [4.69, 9.17) is 18.9 Å². The molecule has 0 saturated carbocycles. The molecular formula is C15H21NO8S. The molecule has 0 saturated heterocycles. The Kier molecular flexibility index (Phi) is 7.65. The second kappa shape index (κ2) is 9.23. The van der Waals surface area contributed by atoms with Crippen LogP contribution in [0.15, 0.2) is 23.1 Å². The predicted octanol–water partition coefficient (Wildman–Crippen LogP) is 0.477. The van der Waals surface area contributed by atoms with Gasteiger partial charge in [-0.15, -0.1) is 0 Å². The van der Waals surface area contributed by atoms with E-state index in [0.717, 1.165) is 0 Å². The summed E-state index contributed by atoms with van der Waals surface area (Å²) in [5.41, 5.74) is 0. The van der Waals surface area contributed by atoms with Crippen molar-refractivity contribution in [3.8, 4) is 11.5 Å². The van der Waals surface area contributed by atoms with E-state index in [2.05, 4.69) is 0 Å². The largest absolute Gasteiger partial charge is 0.493 e. The molecule has 0 spiro atoms. The van der Waals surface area contributed by atoms with Gasteiger partial charge in [-0.2, -0.15) is 4.72 Å². The third kappa shape index (κ3) is 5.33. The lowest BCUT2D eigenvalue weighted by Crippen LogP contribution is -2.48. The van der Waals surface area contributed by atoms with E-state index >= 15 is 0 Å². The fourth-order valence-corrected chi connectivity index (χ4v) is 3.00. The molecule has 140 valence electrons. The van der Waals surface area contributed by atoms with Crippen LogP contribution in [0, 0.1) is 0 Å². The highest BCUT2D eigenvalue weighted by molar-refractivity contribution is 7.89. The van der Waals surface area contributed by atoms with Crippen LogP contribution in [0.25, 0.3) is 0 Å². The summed E-state index contributed by atoms with van der Waals surface area (Å²) < 4.78 is 46.5. The van der Waals surface area contributed by atoms with E-state index in [1.807, 2.05) is 4.72 Å². The molecule has 0 aliphatic carbocycles. The van der Waals surface area contributed by atoms with Crippen molar-refractivity contribution in [1.29, 1.82) is 0 Å². The third-order valence-electron chi connectivity index (χ3n) is 2.98. The molecule has 9 nitrogen and oxygen atoms in total. The summed E-state index contributed by atoms with van der Waals surface area (Å²) in [6.45, 7) is 3.02. The molecule has 0 fully saturated rings. The summed E-state index contributed by atoms with van der Waals surface area (Å²) in [6.07, 6.45) is 0. The first-order chi connectivity index (χ1) is 11.8. The molecule has 0 radical (unpaired) electrons. The van der Waals surface area contributed by atoms with Gasteiger partial charge in [-0.05, 0) is 26.0 Å². The minimum Gasteiger partial charge on any atom is -0.493 e. The third-order valence-corrected chi connectivity index (χ3v) is 4.40. The monoisotopic (exact) mass is 375 g/mol. The Morgan fingerprint density at radius 1 is 1.00 bits per heavy atom. The smallest absolute Gasteiger partial charge is 0.335 e. The number of carbonyl (C=O) groups is 2. The Bertz CT molecular complexity index is 698. The molecule has 1 rings (SSSR count). The molecule has 0 atom stereocenters. The van der Waals surface area contributed by atoms with Crippen molar-refractivity contribution in [2.24, 2.45) is 0 Å². The van der Waals surface area contributed by atoms with E-state index in [1.165, 1.54) is 46.3 Å². The Morgan fingerprint density at radius 2 is 1.52 bits per heavy atom. The second-order valence-electron chi connectivity index (χ2n) is 4.58. The Labute approximate surface area is 146 Å². The molecule has 0 bridgehead atoms. The minimum absolute atomic E-state index is 0.0210. The number of carbonyl (C=O) groups excluding carboxylic acids is 2. The number of ether oxygens (including phenoxy) is 4. The van der Waals surface area contributed by atoms with E-state index in [1.54, 1.807) is 0 Å². The van der Waals surface area contributed by atoms with Gasteiger partial charge in [0.05, 0.1) is 32.3 Å². The van der Waals surface area contributed by atoms with Gasteiger partial charge in [0.15, 0.2) is 11.5 Å². The highest BCUT2D eigenvalue weighted by Gasteiger charge is 2.34. The van der Waals surface area contributed by atoms with E-state index in [9.17, 15) is 18.0 Å². The first kappa shape index (κ1) is 20.7. The van der Waals surface area contributed by atoms with Crippen LogP contribution in [0.3, 0.4) is 0 Å². The van der Waals surface area contributed by atoms with Gasteiger partial charge >= 0.3 is 11.9 Å². The lowest BCUT2D eigenvalue weighted by atomic mass is 10.3.